The number of aromatic nitrogens is 2. The van der Waals surface area contributed by atoms with Crippen molar-refractivity contribution >= 4 is 21.4 Å². The molecule has 0 aromatic carbocycles. The van der Waals surface area contributed by atoms with Gasteiger partial charge in [0.25, 0.3) is 5.56 Å². The van der Waals surface area contributed by atoms with Crippen LogP contribution in [0.1, 0.15) is 0 Å². The predicted octanol–water partition coefficient (Wildman–Crippen LogP) is 0.995. The summed E-state index contributed by atoms with van der Waals surface area (Å²) in [6.45, 7) is 0. The van der Waals surface area contributed by atoms with Gasteiger partial charge in [-0.05, 0) is 11.4 Å². The number of aryl methyl sites for hydroxylation is 1. The van der Waals surface area contributed by atoms with Crippen LogP contribution in [0, 0.1) is 0 Å². The third kappa shape index (κ3) is 0.867. The van der Waals surface area contributed by atoms with Gasteiger partial charge in [-0.2, -0.15) is 5.10 Å². The number of fused-ring (bicyclic) bond motifs is 1. The van der Waals surface area contributed by atoms with Crippen LogP contribution in [-0.4, -0.2) is 9.78 Å². The van der Waals surface area contributed by atoms with Gasteiger partial charge >= 0.3 is 0 Å². The van der Waals surface area contributed by atoms with E-state index in [4.69, 9.17) is 0 Å². The third-order valence-electron chi connectivity index (χ3n) is 1.57. The van der Waals surface area contributed by atoms with Crippen LogP contribution in [0.15, 0.2) is 22.4 Å². The average Bonchev–Trinajstić information content (AvgIpc) is 2.45. The molecule has 0 aliphatic carbocycles. The van der Waals surface area contributed by atoms with Crippen LogP contribution in [0.3, 0.4) is 0 Å². The minimum absolute atomic E-state index is 0.0243. The number of thiophene rings is 1. The maximum atomic E-state index is 11.3. The van der Waals surface area contributed by atoms with Gasteiger partial charge in [0, 0.05) is 7.05 Å². The van der Waals surface area contributed by atoms with E-state index in [0.29, 0.717) is 0 Å². The predicted molar refractivity (Wildman–Crippen MR) is 44.9 cm³/mol. The fourth-order valence-electron chi connectivity index (χ4n) is 0.963. The molecule has 2 heterocycles. The molecular weight excluding hydrogens is 160 g/mol. The lowest BCUT2D eigenvalue weighted by Crippen LogP contribution is -2.17. The van der Waals surface area contributed by atoms with Crippen molar-refractivity contribution in [3.05, 3.63) is 28.0 Å². The maximum absolute atomic E-state index is 11.3. The Morgan fingerprint density at radius 3 is 3.27 bits per heavy atom. The van der Waals surface area contributed by atoms with Crippen molar-refractivity contribution < 1.29 is 0 Å². The number of nitrogens with zero attached hydrogens (tertiary/aromatic N) is 2. The highest BCUT2D eigenvalue weighted by molar-refractivity contribution is 7.17. The molecule has 0 aliphatic heterocycles. The van der Waals surface area contributed by atoms with Crippen LogP contribution >= 0.6 is 11.3 Å². The van der Waals surface area contributed by atoms with Gasteiger partial charge < -0.3 is 0 Å². The molecule has 0 saturated heterocycles. The average molecular weight is 166 g/mol. The minimum Gasteiger partial charge on any atom is -0.267 e. The third-order valence-corrected chi connectivity index (χ3v) is 2.42. The van der Waals surface area contributed by atoms with Gasteiger partial charge in [0.2, 0.25) is 0 Å². The van der Waals surface area contributed by atoms with Crippen LogP contribution < -0.4 is 5.56 Å². The highest BCUT2D eigenvalue weighted by Gasteiger charge is 2.00. The van der Waals surface area contributed by atoms with Crippen molar-refractivity contribution in [3.63, 3.8) is 0 Å². The molecule has 11 heavy (non-hydrogen) atoms. The molecule has 2 aromatic rings. The summed E-state index contributed by atoms with van der Waals surface area (Å²) in [6, 6.07) is 1.82. The lowest BCUT2D eigenvalue weighted by Gasteiger charge is -1.92. The fourth-order valence-corrected chi connectivity index (χ4v) is 1.70. The van der Waals surface area contributed by atoms with Crippen LogP contribution in [0.4, 0.5) is 0 Å². The Kier molecular flexibility index (Phi) is 1.29. The first-order valence-electron chi connectivity index (χ1n) is 3.18. The van der Waals surface area contributed by atoms with E-state index in [2.05, 4.69) is 5.10 Å². The molecule has 0 saturated carbocycles. The van der Waals surface area contributed by atoms with E-state index in [-0.39, 0.29) is 5.56 Å². The lowest BCUT2D eigenvalue weighted by molar-refractivity contribution is 0.719. The smallest absolute Gasteiger partial charge is 0.267 e. The summed E-state index contributed by atoms with van der Waals surface area (Å²) >= 11 is 1.53. The zero-order valence-corrected chi connectivity index (χ0v) is 6.76. The highest BCUT2D eigenvalue weighted by Crippen LogP contribution is 2.14. The molecular formula is C7H6N2OS. The second kappa shape index (κ2) is 2.17. The van der Waals surface area contributed by atoms with Gasteiger partial charge in [-0.1, -0.05) is 0 Å². The Morgan fingerprint density at radius 2 is 2.45 bits per heavy atom. The van der Waals surface area contributed by atoms with Crippen LogP contribution in [0.5, 0.6) is 0 Å². The Labute approximate surface area is 66.9 Å². The second-order valence-corrected chi connectivity index (χ2v) is 3.22. The summed E-state index contributed by atoms with van der Waals surface area (Å²) in [6.07, 6.45) is 1.71. The number of hydrogen-bond donors (Lipinski definition) is 0. The van der Waals surface area contributed by atoms with Gasteiger partial charge in [0.1, 0.15) is 0 Å². The fraction of sp³-hybridized carbons (Fsp3) is 0.143. The highest BCUT2D eigenvalue weighted by atomic mass is 32.1. The first-order chi connectivity index (χ1) is 5.29. The summed E-state index contributed by atoms with van der Waals surface area (Å²) in [5, 5.41) is 6.55. The normalized spacial score (nSPS) is 10.6. The largest absolute Gasteiger partial charge is 0.275 e. The van der Waals surface area contributed by atoms with E-state index in [9.17, 15) is 4.79 Å². The topological polar surface area (TPSA) is 34.9 Å². The molecule has 0 N–H and O–H groups in total. The Balaban J connectivity index is 3.05. The lowest BCUT2D eigenvalue weighted by atomic mass is 10.4. The van der Waals surface area contributed by atoms with Gasteiger partial charge in [0.05, 0.1) is 16.3 Å². The van der Waals surface area contributed by atoms with Crippen LogP contribution in [0.25, 0.3) is 10.1 Å². The van der Waals surface area contributed by atoms with E-state index in [1.54, 1.807) is 13.2 Å². The van der Waals surface area contributed by atoms with Crippen molar-refractivity contribution in [2.45, 2.75) is 0 Å². The Hall–Kier alpha value is -1.16. The van der Waals surface area contributed by atoms with E-state index in [1.807, 2.05) is 11.4 Å². The summed E-state index contributed by atoms with van der Waals surface area (Å²) < 4.78 is 2.29. The van der Waals surface area contributed by atoms with E-state index < -0.39 is 0 Å². The minimum atomic E-state index is -0.0243. The van der Waals surface area contributed by atoms with Crippen molar-refractivity contribution in [1.82, 2.24) is 9.78 Å². The maximum Gasteiger partial charge on any atom is 0.275 e. The molecule has 2 aromatic heterocycles. The molecule has 4 heteroatoms. The first-order valence-corrected chi connectivity index (χ1v) is 4.06. The van der Waals surface area contributed by atoms with Gasteiger partial charge in [-0.3, -0.25) is 4.79 Å². The number of hydrogen-bond acceptors (Lipinski definition) is 3. The SMILES string of the molecule is Cn1ncc2sccc2c1=O. The molecule has 0 unspecified atom stereocenters. The second-order valence-electron chi connectivity index (χ2n) is 2.27. The summed E-state index contributed by atoms with van der Waals surface area (Å²) in [5.74, 6) is 0. The Morgan fingerprint density at radius 1 is 1.64 bits per heavy atom. The molecule has 0 amide bonds. The quantitative estimate of drug-likeness (QED) is 0.585. The molecule has 0 radical (unpaired) electrons. The van der Waals surface area contributed by atoms with Crippen LogP contribution in [0.2, 0.25) is 0 Å². The van der Waals surface area contributed by atoms with Crippen LogP contribution in [-0.2, 0) is 7.05 Å². The summed E-state index contributed by atoms with van der Waals surface area (Å²) in [4.78, 5) is 11.3. The Bertz CT molecular complexity index is 443. The van der Waals surface area contributed by atoms with Gasteiger partial charge in [-0.15, -0.1) is 11.3 Å². The molecule has 0 atom stereocenters. The van der Waals surface area contributed by atoms with Crippen molar-refractivity contribution in [2.24, 2.45) is 7.05 Å². The zero-order valence-electron chi connectivity index (χ0n) is 5.94. The molecule has 0 spiro atoms. The van der Waals surface area contributed by atoms with Gasteiger partial charge in [0.15, 0.2) is 0 Å². The van der Waals surface area contributed by atoms with Crippen molar-refractivity contribution in [2.75, 3.05) is 0 Å². The van der Waals surface area contributed by atoms with E-state index in [0.717, 1.165) is 10.1 Å². The zero-order chi connectivity index (χ0) is 7.84. The molecule has 2 rings (SSSR count). The van der Waals surface area contributed by atoms with Crippen molar-refractivity contribution in [1.29, 1.82) is 0 Å². The number of rotatable bonds is 0. The van der Waals surface area contributed by atoms with E-state index >= 15 is 0 Å². The van der Waals surface area contributed by atoms with E-state index in [1.165, 1.54) is 16.0 Å². The first kappa shape index (κ1) is 6.54. The van der Waals surface area contributed by atoms with Gasteiger partial charge in [-0.25, -0.2) is 4.68 Å². The molecule has 56 valence electrons. The monoisotopic (exact) mass is 166 g/mol. The molecule has 0 bridgehead atoms. The molecule has 0 aliphatic rings. The summed E-state index contributed by atoms with van der Waals surface area (Å²) in [5.41, 5.74) is -0.0243. The molecule has 0 fully saturated rings. The standard InChI is InChI=1S/C7H6N2OS/c1-9-7(10)5-2-3-11-6(5)4-8-9/h2-4H,1H3. The molecule has 3 nitrogen and oxygen atoms in total. The van der Waals surface area contributed by atoms with Crippen molar-refractivity contribution in [3.8, 4) is 0 Å². The summed E-state index contributed by atoms with van der Waals surface area (Å²) in [7, 11) is 1.65.